The summed E-state index contributed by atoms with van der Waals surface area (Å²) in [4.78, 5) is 4.12. The first-order valence-corrected chi connectivity index (χ1v) is 7.89. The van der Waals surface area contributed by atoms with Gasteiger partial charge in [-0.15, -0.1) is 0 Å². The molecule has 1 fully saturated rings. The predicted molar refractivity (Wildman–Crippen MR) is 82.9 cm³/mol. The van der Waals surface area contributed by atoms with Crippen LogP contribution in [0.25, 0.3) is 0 Å². The average molecular weight is 276 g/mol. The van der Waals surface area contributed by atoms with Crippen LogP contribution in [-0.4, -0.2) is 30.3 Å². The summed E-state index contributed by atoms with van der Waals surface area (Å²) in [5.74, 6) is 0.483. The molecular formula is C17H28N2O. The summed E-state index contributed by atoms with van der Waals surface area (Å²) in [5, 5.41) is 3.73. The first-order valence-electron chi connectivity index (χ1n) is 7.89. The molecule has 2 atom stereocenters. The van der Waals surface area contributed by atoms with E-state index in [9.17, 15) is 0 Å². The van der Waals surface area contributed by atoms with Crippen LogP contribution in [0.5, 0.6) is 0 Å². The van der Waals surface area contributed by atoms with Crippen LogP contribution in [-0.2, 0) is 4.74 Å². The van der Waals surface area contributed by atoms with Crippen molar-refractivity contribution < 1.29 is 4.74 Å². The summed E-state index contributed by atoms with van der Waals surface area (Å²) in [6.45, 7) is 5.60. The minimum absolute atomic E-state index is 0.118. The molecule has 1 N–H and O–H groups in total. The molecular weight excluding hydrogens is 248 g/mol. The standard InChI is InChI=1S/C17H28N2O/c1-4-10-19-16(13-17(20-3)8-5-9-17)14(2)15-6-11-18-12-7-15/h6-7,11-12,14,16,19H,4-5,8-10,13H2,1-3H3. The lowest BCUT2D eigenvalue weighted by Crippen LogP contribution is -2.47. The zero-order chi connectivity index (χ0) is 14.4. The van der Waals surface area contributed by atoms with E-state index in [1.165, 1.54) is 31.2 Å². The van der Waals surface area contributed by atoms with E-state index in [4.69, 9.17) is 4.74 Å². The van der Waals surface area contributed by atoms with Gasteiger partial charge in [0.15, 0.2) is 0 Å². The van der Waals surface area contributed by atoms with Gasteiger partial charge in [-0.1, -0.05) is 13.8 Å². The Morgan fingerprint density at radius 3 is 2.55 bits per heavy atom. The third kappa shape index (κ3) is 3.58. The van der Waals surface area contributed by atoms with Crippen molar-refractivity contribution in [2.24, 2.45) is 0 Å². The van der Waals surface area contributed by atoms with Gasteiger partial charge in [0.1, 0.15) is 0 Å². The summed E-state index contributed by atoms with van der Waals surface area (Å²) >= 11 is 0. The number of aromatic nitrogens is 1. The van der Waals surface area contributed by atoms with Gasteiger partial charge in [0, 0.05) is 25.5 Å². The summed E-state index contributed by atoms with van der Waals surface area (Å²) in [6, 6.07) is 4.73. The van der Waals surface area contributed by atoms with Crippen LogP contribution in [0.15, 0.2) is 24.5 Å². The van der Waals surface area contributed by atoms with Crippen LogP contribution in [0, 0.1) is 0 Å². The maximum Gasteiger partial charge on any atom is 0.0693 e. The Labute approximate surface area is 123 Å². The Hall–Kier alpha value is -0.930. The van der Waals surface area contributed by atoms with Gasteiger partial charge in [0.05, 0.1) is 5.60 Å². The molecule has 20 heavy (non-hydrogen) atoms. The number of pyridine rings is 1. The van der Waals surface area contributed by atoms with E-state index in [0.717, 1.165) is 13.0 Å². The first-order chi connectivity index (χ1) is 9.71. The lowest BCUT2D eigenvalue weighted by atomic mass is 9.73. The van der Waals surface area contributed by atoms with Gasteiger partial charge in [0.2, 0.25) is 0 Å². The largest absolute Gasteiger partial charge is 0.378 e. The molecule has 0 amide bonds. The Balaban J connectivity index is 2.06. The molecule has 0 saturated heterocycles. The van der Waals surface area contributed by atoms with Crippen LogP contribution in [0.3, 0.4) is 0 Å². The topological polar surface area (TPSA) is 34.1 Å². The molecule has 3 nitrogen and oxygen atoms in total. The summed E-state index contributed by atoms with van der Waals surface area (Å²) in [7, 11) is 1.87. The van der Waals surface area contributed by atoms with Crippen LogP contribution >= 0.6 is 0 Å². The fraction of sp³-hybridized carbons (Fsp3) is 0.706. The fourth-order valence-electron chi connectivity index (χ4n) is 3.12. The third-order valence-corrected chi connectivity index (χ3v) is 4.78. The highest BCUT2D eigenvalue weighted by Crippen LogP contribution is 2.40. The Kier molecular flexibility index (Phi) is 5.55. The third-order valence-electron chi connectivity index (χ3n) is 4.78. The molecule has 0 aliphatic heterocycles. The highest BCUT2D eigenvalue weighted by molar-refractivity contribution is 5.17. The number of nitrogens with one attached hydrogen (secondary N) is 1. The zero-order valence-corrected chi connectivity index (χ0v) is 13.1. The smallest absolute Gasteiger partial charge is 0.0693 e. The first kappa shape index (κ1) is 15.5. The minimum Gasteiger partial charge on any atom is -0.378 e. The second-order valence-electron chi connectivity index (χ2n) is 6.07. The van der Waals surface area contributed by atoms with E-state index in [1.54, 1.807) is 0 Å². The predicted octanol–water partition coefficient (Wildman–Crippen LogP) is 3.51. The molecule has 0 aromatic carbocycles. The lowest BCUT2D eigenvalue weighted by molar-refractivity contribution is -0.0847. The van der Waals surface area contributed by atoms with E-state index in [2.05, 4.69) is 36.3 Å². The van der Waals surface area contributed by atoms with Crippen LogP contribution in [0.2, 0.25) is 0 Å². The van der Waals surface area contributed by atoms with E-state index in [1.807, 2.05) is 19.5 Å². The van der Waals surface area contributed by atoms with Crippen molar-refractivity contribution in [1.29, 1.82) is 0 Å². The van der Waals surface area contributed by atoms with E-state index in [-0.39, 0.29) is 5.60 Å². The SMILES string of the molecule is CCCNC(CC1(OC)CCC1)C(C)c1ccncc1. The molecule has 1 aliphatic rings. The van der Waals surface area contributed by atoms with Crippen molar-refractivity contribution in [3.8, 4) is 0 Å². The van der Waals surface area contributed by atoms with Crippen molar-refractivity contribution in [2.45, 2.75) is 63.5 Å². The van der Waals surface area contributed by atoms with Gasteiger partial charge < -0.3 is 10.1 Å². The van der Waals surface area contributed by atoms with Gasteiger partial charge in [-0.2, -0.15) is 0 Å². The normalized spacial score (nSPS) is 20.1. The van der Waals surface area contributed by atoms with E-state index >= 15 is 0 Å². The van der Waals surface area contributed by atoms with E-state index < -0.39 is 0 Å². The van der Waals surface area contributed by atoms with Crippen molar-refractivity contribution in [3.63, 3.8) is 0 Å². The highest BCUT2D eigenvalue weighted by Gasteiger charge is 2.40. The van der Waals surface area contributed by atoms with Crippen LogP contribution < -0.4 is 5.32 Å². The second-order valence-corrected chi connectivity index (χ2v) is 6.07. The molecule has 2 unspecified atom stereocenters. The van der Waals surface area contributed by atoms with Gasteiger partial charge in [0.25, 0.3) is 0 Å². The number of ether oxygens (including phenoxy) is 1. The molecule has 0 spiro atoms. The van der Waals surface area contributed by atoms with Crippen molar-refractivity contribution in [2.75, 3.05) is 13.7 Å². The molecule has 0 radical (unpaired) electrons. The number of methoxy groups -OCH3 is 1. The van der Waals surface area contributed by atoms with E-state index in [0.29, 0.717) is 12.0 Å². The Bertz CT molecular complexity index is 384. The molecule has 1 aromatic heterocycles. The number of nitrogens with zero attached hydrogens (tertiary/aromatic N) is 1. The maximum absolute atomic E-state index is 5.82. The van der Waals surface area contributed by atoms with Gasteiger partial charge in [-0.3, -0.25) is 4.98 Å². The fourth-order valence-corrected chi connectivity index (χ4v) is 3.12. The Morgan fingerprint density at radius 1 is 1.35 bits per heavy atom. The monoisotopic (exact) mass is 276 g/mol. The molecule has 1 saturated carbocycles. The molecule has 1 aliphatic carbocycles. The number of hydrogen-bond donors (Lipinski definition) is 1. The van der Waals surface area contributed by atoms with Crippen molar-refractivity contribution >= 4 is 0 Å². The molecule has 3 heteroatoms. The number of rotatable bonds is 8. The maximum atomic E-state index is 5.82. The molecule has 112 valence electrons. The highest BCUT2D eigenvalue weighted by atomic mass is 16.5. The molecule has 1 aromatic rings. The van der Waals surface area contributed by atoms with Crippen LogP contribution in [0.1, 0.15) is 57.4 Å². The van der Waals surface area contributed by atoms with Crippen molar-refractivity contribution in [3.05, 3.63) is 30.1 Å². The van der Waals surface area contributed by atoms with Crippen LogP contribution in [0.4, 0.5) is 0 Å². The summed E-state index contributed by atoms with van der Waals surface area (Å²) in [5.41, 5.74) is 1.48. The quantitative estimate of drug-likeness (QED) is 0.789. The van der Waals surface area contributed by atoms with Gasteiger partial charge in [-0.05, 0) is 62.3 Å². The summed E-state index contributed by atoms with van der Waals surface area (Å²) in [6.07, 6.45) is 9.76. The zero-order valence-electron chi connectivity index (χ0n) is 13.1. The lowest BCUT2D eigenvalue weighted by Gasteiger charge is -2.44. The van der Waals surface area contributed by atoms with Gasteiger partial charge >= 0.3 is 0 Å². The summed E-state index contributed by atoms with van der Waals surface area (Å²) < 4.78 is 5.82. The Morgan fingerprint density at radius 2 is 2.05 bits per heavy atom. The number of hydrogen-bond acceptors (Lipinski definition) is 3. The van der Waals surface area contributed by atoms with Crippen molar-refractivity contribution in [1.82, 2.24) is 10.3 Å². The van der Waals surface area contributed by atoms with Gasteiger partial charge in [-0.25, -0.2) is 0 Å². The molecule has 2 rings (SSSR count). The molecule has 0 bridgehead atoms. The second kappa shape index (κ2) is 7.19. The molecule has 1 heterocycles. The minimum atomic E-state index is 0.118. The average Bonchev–Trinajstić information content (AvgIpc) is 2.46.